The first-order valence-electron chi connectivity index (χ1n) is 9.01. The molecule has 0 spiro atoms. The standard InChI is InChI=1S/C20H25N3O3/c1-24-18-12-19(13-18)26-17-6-8-23(9-7-17)20-11-15(3-2-10-25-22)4-5-16(20)14-21/h4-5,11,17-19H,6-10,12-13,22H2,1H3. The van der Waals surface area contributed by atoms with E-state index in [1.807, 2.05) is 18.2 Å². The summed E-state index contributed by atoms with van der Waals surface area (Å²) in [6.07, 6.45) is 4.95. The topological polar surface area (TPSA) is 80.7 Å². The maximum Gasteiger partial charge on any atom is 0.129 e. The van der Waals surface area contributed by atoms with Crippen molar-refractivity contribution in [3.63, 3.8) is 0 Å². The first kappa shape index (κ1) is 18.7. The second-order valence-electron chi connectivity index (χ2n) is 6.73. The number of anilines is 1. The van der Waals surface area contributed by atoms with Gasteiger partial charge in [-0.15, -0.1) is 0 Å². The number of ether oxygens (including phenoxy) is 2. The highest BCUT2D eigenvalue weighted by Crippen LogP contribution is 2.31. The van der Waals surface area contributed by atoms with Gasteiger partial charge < -0.3 is 14.4 Å². The fourth-order valence-electron chi connectivity index (χ4n) is 3.47. The third kappa shape index (κ3) is 4.55. The van der Waals surface area contributed by atoms with Crippen LogP contribution in [0.1, 0.15) is 36.8 Å². The minimum absolute atomic E-state index is 0.184. The number of nitriles is 1. The Balaban J connectivity index is 1.59. The number of hydrogen-bond donors (Lipinski definition) is 1. The fourth-order valence-corrected chi connectivity index (χ4v) is 3.47. The maximum atomic E-state index is 9.43. The Kier molecular flexibility index (Phi) is 6.49. The molecule has 0 amide bonds. The molecule has 6 nitrogen and oxygen atoms in total. The lowest BCUT2D eigenvalue weighted by molar-refractivity contribution is -0.119. The van der Waals surface area contributed by atoms with Gasteiger partial charge in [0, 0.05) is 25.8 Å². The molecule has 1 saturated heterocycles. The molecule has 1 aromatic rings. The molecule has 6 heteroatoms. The van der Waals surface area contributed by atoms with Gasteiger partial charge in [-0.1, -0.05) is 11.8 Å². The van der Waals surface area contributed by atoms with Crippen molar-refractivity contribution in [1.82, 2.24) is 0 Å². The molecule has 2 aliphatic rings. The van der Waals surface area contributed by atoms with E-state index < -0.39 is 0 Å². The lowest BCUT2D eigenvalue weighted by atomic mass is 9.91. The molecular weight excluding hydrogens is 330 g/mol. The van der Waals surface area contributed by atoms with E-state index in [4.69, 9.17) is 15.4 Å². The van der Waals surface area contributed by atoms with Gasteiger partial charge in [-0.3, -0.25) is 4.84 Å². The summed E-state index contributed by atoms with van der Waals surface area (Å²) in [4.78, 5) is 6.72. The summed E-state index contributed by atoms with van der Waals surface area (Å²) in [5.74, 6) is 10.8. The highest BCUT2D eigenvalue weighted by atomic mass is 16.6. The summed E-state index contributed by atoms with van der Waals surface area (Å²) >= 11 is 0. The van der Waals surface area contributed by atoms with Crippen LogP contribution in [0, 0.1) is 23.2 Å². The van der Waals surface area contributed by atoms with E-state index in [2.05, 4.69) is 27.6 Å². The molecular formula is C20H25N3O3. The minimum atomic E-state index is 0.184. The van der Waals surface area contributed by atoms with Crippen LogP contribution < -0.4 is 10.8 Å². The molecule has 0 bridgehead atoms. The summed E-state index contributed by atoms with van der Waals surface area (Å²) < 4.78 is 11.5. The Morgan fingerprint density at radius 3 is 2.62 bits per heavy atom. The quantitative estimate of drug-likeness (QED) is 0.642. The molecule has 1 aliphatic carbocycles. The molecule has 2 N–H and O–H groups in total. The second kappa shape index (κ2) is 9.02. The number of rotatable bonds is 5. The van der Waals surface area contributed by atoms with Gasteiger partial charge in [-0.25, -0.2) is 5.90 Å². The first-order valence-corrected chi connectivity index (χ1v) is 9.01. The van der Waals surface area contributed by atoms with Crippen LogP contribution in [0.25, 0.3) is 0 Å². The number of methoxy groups -OCH3 is 1. The smallest absolute Gasteiger partial charge is 0.129 e. The van der Waals surface area contributed by atoms with Crippen LogP contribution in [0.15, 0.2) is 18.2 Å². The third-order valence-corrected chi connectivity index (χ3v) is 5.06. The highest BCUT2D eigenvalue weighted by Gasteiger charge is 2.33. The largest absolute Gasteiger partial charge is 0.381 e. The number of nitrogens with zero attached hydrogens (tertiary/aromatic N) is 2. The zero-order valence-electron chi connectivity index (χ0n) is 15.1. The van der Waals surface area contributed by atoms with E-state index in [0.29, 0.717) is 23.9 Å². The van der Waals surface area contributed by atoms with Gasteiger partial charge in [0.2, 0.25) is 0 Å². The lowest BCUT2D eigenvalue weighted by Gasteiger charge is -2.40. The molecule has 26 heavy (non-hydrogen) atoms. The number of benzene rings is 1. The van der Waals surface area contributed by atoms with Crippen molar-refractivity contribution in [2.45, 2.75) is 44.0 Å². The van der Waals surface area contributed by atoms with Gasteiger partial charge in [0.15, 0.2) is 0 Å². The summed E-state index contributed by atoms with van der Waals surface area (Å²) in [6, 6.07) is 7.93. The molecule has 0 aromatic heterocycles. The van der Waals surface area contributed by atoms with Crippen LogP contribution >= 0.6 is 0 Å². The molecule has 1 saturated carbocycles. The van der Waals surface area contributed by atoms with Crippen molar-refractivity contribution in [2.24, 2.45) is 5.90 Å². The average Bonchev–Trinajstić information content (AvgIpc) is 2.65. The van der Waals surface area contributed by atoms with E-state index in [1.165, 1.54) is 0 Å². The first-order chi connectivity index (χ1) is 12.7. The summed E-state index contributed by atoms with van der Waals surface area (Å²) in [5.41, 5.74) is 2.47. The number of piperidine rings is 1. The van der Waals surface area contributed by atoms with Gasteiger partial charge in [0.05, 0.1) is 29.6 Å². The molecule has 138 valence electrons. The minimum Gasteiger partial charge on any atom is -0.381 e. The summed E-state index contributed by atoms with van der Waals surface area (Å²) in [7, 11) is 1.76. The van der Waals surface area contributed by atoms with Crippen molar-refractivity contribution in [1.29, 1.82) is 5.26 Å². The molecule has 1 aromatic carbocycles. The van der Waals surface area contributed by atoms with E-state index in [9.17, 15) is 5.26 Å². The van der Waals surface area contributed by atoms with E-state index in [1.54, 1.807) is 7.11 Å². The fraction of sp³-hybridized carbons (Fsp3) is 0.550. The van der Waals surface area contributed by atoms with Crippen molar-refractivity contribution < 1.29 is 14.3 Å². The maximum absolute atomic E-state index is 9.43. The van der Waals surface area contributed by atoms with Gasteiger partial charge in [-0.05, 0) is 43.9 Å². The zero-order chi connectivity index (χ0) is 18.4. The average molecular weight is 355 g/mol. The Labute approximate surface area is 154 Å². The van der Waals surface area contributed by atoms with Gasteiger partial charge in [-0.2, -0.15) is 5.26 Å². The van der Waals surface area contributed by atoms with Crippen LogP contribution in [0.5, 0.6) is 0 Å². The van der Waals surface area contributed by atoms with Crippen LogP contribution in [0.4, 0.5) is 5.69 Å². The molecule has 0 unspecified atom stereocenters. The Hall–Kier alpha value is -2.09. The van der Waals surface area contributed by atoms with Gasteiger partial charge >= 0.3 is 0 Å². The van der Waals surface area contributed by atoms with Crippen molar-refractivity contribution in [2.75, 3.05) is 31.7 Å². The summed E-state index contributed by atoms with van der Waals surface area (Å²) in [5, 5.41) is 9.43. The third-order valence-electron chi connectivity index (χ3n) is 5.06. The number of nitrogens with two attached hydrogens (primary N) is 1. The van der Waals surface area contributed by atoms with Crippen LogP contribution in [-0.2, 0) is 14.3 Å². The lowest BCUT2D eigenvalue weighted by Crippen LogP contribution is -2.43. The van der Waals surface area contributed by atoms with E-state index in [0.717, 1.165) is 50.0 Å². The van der Waals surface area contributed by atoms with E-state index >= 15 is 0 Å². The van der Waals surface area contributed by atoms with E-state index in [-0.39, 0.29) is 6.61 Å². The van der Waals surface area contributed by atoms with Crippen LogP contribution in [-0.4, -0.2) is 45.1 Å². The monoisotopic (exact) mass is 355 g/mol. The van der Waals surface area contributed by atoms with Crippen molar-refractivity contribution in [3.8, 4) is 17.9 Å². The van der Waals surface area contributed by atoms with Crippen molar-refractivity contribution >= 4 is 5.69 Å². The van der Waals surface area contributed by atoms with Crippen LogP contribution in [0.3, 0.4) is 0 Å². The molecule has 3 rings (SSSR count). The molecule has 0 atom stereocenters. The Morgan fingerprint density at radius 2 is 1.96 bits per heavy atom. The van der Waals surface area contributed by atoms with Crippen LogP contribution in [0.2, 0.25) is 0 Å². The highest BCUT2D eigenvalue weighted by molar-refractivity contribution is 5.63. The second-order valence-corrected chi connectivity index (χ2v) is 6.73. The molecule has 1 heterocycles. The van der Waals surface area contributed by atoms with Crippen molar-refractivity contribution in [3.05, 3.63) is 29.3 Å². The molecule has 1 aliphatic heterocycles. The predicted molar refractivity (Wildman–Crippen MR) is 98.3 cm³/mol. The molecule has 0 radical (unpaired) electrons. The normalized spacial score (nSPS) is 22.9. The zero-order valence-corrected chi connectivity index (χ0v) is 15.1. The van der Waals surface area contributed by atoms with Gasteiger partial charge in [0.25, 0.3) is 0 Å². The predicted octanol–water partition coefficient (Wildman–Crippen LogP) is 1.96. The SMILES string of the molecule is COC1CC(OC2CCN(c3cc(C#CCON)ccc3C#N)CC2)C1. The number of hydrogen-bond acceptors (Lipinski definition) is 6. The van der Waals surface area contributed by atoms with Gasteiger partial charge in [0.1, 0.15) is 12.7 Å². The Bertz CT molecular complexity index is 705. The summed E-state index contributed by atoms with van der Waals surface area (Å²) in [6.45, 7) is 1.94. The molecule has 2 fully saturated rings. The Morgan fingerprint density at radius 1 is 1.19 bits per heavy atom.